The molecule has 2 aromatic heterocycles. The number of nitrogens with zero attached hydrogens (tertiary/aromatic N) is 3. The van der Waals surface area contributed by atoms with Crippen molar-refractivity contribution in [3.8, 4) is 0 Å². The Morgan fingerprint density at radius 2 is 2.21 bits per heavy atom. The number of pyridine rings is 1. The van der Waals surface area contributed by atoms with E-state index in [1.165, 1.54) is 5.56 Å². The van der Waals surface area contributed by atoms with E-state index in [1.54, 1.807) is 6.92 Å². The van der Waals surface area contributed by atoms with Gasteiger partial charge in [0.1, 0.15) is 5.65 Å². The van der Waals surface area contributed by atoms with Crippen LogP contribution in [0, 0.1) is 12.8 Å². The predicted molar refractivity (Wildman–Crippen MR) is 73.1 cm³/mol. The number of imidazole rings is 1. The van der Waals surface area contributed by atoms with Crippen LogP contribution in [0.15, 0.2) is 24.5 Å². The number of aliphatic carboxylic acids is 1. The molecule has 2 rings (SSSR count). The highest BCUT2D eigenvalue weighted by molar-refractivity contribution is 5.69. The van der Waals surface area contributed by atoms with Gasteiger partial charge in [0.2, 0.25) is 0 Å². The molecule has 1 atom stereocenters. The highest BCUT2D eigenvalue weighted by atomic mass is 16.4. The third-order valence-corrected chi connectivity index (χ3v) is 3.09. The van der Waals surface area contributed by atoms with Crippen LogP contribution in [0.1, 0.15) is 18.2 Å². The first kappa shape index (κ1) is 13.5. The summed E-state index contributed by atoms with van der Waals surface area (Å²) in [6, 6.07) is 4.01. The molecule has 2 aromatic rings. The van der Waals surface area contributed by atoms with Crippen LogP contribution < -0.4 is 0 Å². The monoisotopic (exact) mass is 261 g/mol. The summed E-state index contributed by atoms with van der Waals surface area (Å²) in [5, 5.41) is 8.90. The van der Waals surface area contributed by atoms with Crippen molar-refractivity contribution in [3.63, 3.8) is 0 Å². The van der Waals surface area contributed by atoms with Crippen LogP contribution in [0.5, 0.6) is 0 Å². The van der Waals surface area contributed by atoms with Crippen LogP contribution in [-0.4, -0.2) is 39.0 Å². The van der Waals surface area contributed by atoms with Crippen molar-refractivity contribution >= 4 is 11.6 Å². The van der Waals surface area contributed by atoms with Gasteiger partial charge in [-0.3, -0.25) is 9.69 Å². The number of hydrogen-bond acceptors (Lipinski definition) is 3. The van der Waals surface area contributed by atoms with Crippen molar-refractivity contribution in [2.24, 2.45) is 5.92 Å². The smallest absolute Gasteiger partial charge is 0.307 e. The quantitative estimate of drug-likeness (QED) is 0.891. The van der Waals surface area contributed by atoms with Crippen molar-refractivity contribution in [3.05, 3.63) is 35.8 Å². The molecule has 0 spiro atoms. The van der Waals surface area contributed by atoms with Gasteiger partial charge in [0, 0.05) is 25.5 Å². The van der Waals surface area contributed by atoms with Gasteiger partial charge in [-0.05, 0) is 25.6 Å². The molecule has 5 nitrogen and oxygen atoms in total. The molecule has 1 unspecified atom stereocenters. The number of carboxylic acids is 1. The standard InChI is InChI=1S/C14H19N3O2/c1-10-4-5-13-15-12(9-17(13)6-10)8-16(3)7-11(2)14(18)19/h4-6,9,11H,7-8H2,1-3H3,(H,18,19). The second kappa shape index (κ2) is 5.40. The molecular weight excluding hydrogens is 242 g/mol. The van der Waals surface area contributed by atoms with Gasteiger partial charge in [-0.15, -0.1) is 0 Å². The molecule has 102 valence electrons. The largest absolute Gasteiger partial charge is 0.481 e. The van der Waals surface area contributed by atoms with Crippen molar-refractivity contribution in [1.29, 1.82) is 0 Å². The van der Waals surface area contributed by atoms with E-state index in [-0.39, 0.29) is 5.92 Å². The normalized spacial score (nSPS) is 13.1. The minimum atomic E-state index is -0.766. The van der Waals surface area contributed by atoms with E-state index in [1.807, 2.05) is 47.8 Å². The zero-order chi connectivity index (χ0) is 14.0. The highest BCUT2D eigenvalue weighted by Crippen LogP contribution is 2.09. The molecule has 0 radical (unpaired) electrons. The molecule has 0 aliphatic heterocycles. The molecule has 0 aliphatic carbocycles. The lowest BCUT2D eigenvalue weighted by Gasteiger charge is -2.17. The molecule has 0 saturated heterocycles. The Balaban J connectivity index is 2.06. The summed E-state index contributed by atoms with van der Waals surface area (Å²) in [7, 11) is 1.91. The van der Waals surface area contributed by atoms with Crippen LogP contribution in [0.3, 0.4) is 0 Å². The predicted octanol–water partition coefficient (Wildman–Crippen LogP) is 1.80. The average molecular weight is 261 g/mol. The Bertz CT molecular complexity index is 591. The van der Waals surface area contributed by atoms with Gasteiger partial charge in [-0.2, -0.15) is 0 Å². The number of rotatable bonds is 5. The van der Waals surface area contributed by atoms with Crippen molar-refractivity contribution in [2.45, 2.75) is 20.4 Å². The summed E-state index contributed by atoms with van der Waals surface area (Å²) in [5.74, 6) is -1.14. The van der Waals surface area contributed by atoms with E-state index in [0.29, 0.717) is 13.1 Å². The van der Waals surface area contributed by atoms with Gasteiger partial charge in [0.05, 0.1) is 11.6 Å². The third kappa shape index (κ3) is 3.32. The van der Waals surface area contributed by atoms with Crippen LogP contribution in [0.4, 0.5) is 0 Å². The molecule has 1 N–H and O–H groups in total. The molecule has 19 heavy (non-hydrogen) atoms. The summed E-state index contributed by atoms with van der Waals surface area (Å²) in [5.41, 5.74) is 3.05. The number of carboxylic acid groups (broad SMARTS) is 1. The van der Waals surface area contributed by atoms with E-state index in [4.69, 9.17) is 5.11 Å². The third-order valence-electron chi connectivity index (χ3n) is 3.09. The Kier molecular flexibility index (Phi) is 3.85. The molecule has 0 aromatic carbocycles. The second-order valence-corrected chi connectivity index (χ2v) is 5.14. The van der Waals surface area contributed by atoms with Crippen LogP contribution in [-0.2, 0) is 11.3 Å². The molecule has 2 heterocycles. The summed E-state index contributed by atoms with van der Waals surface area (Å²) in [6.07, 6.45) is 4.02. The molecule has 0 amide bonds. The van der Waals surface area contributed by atoms with Gasteiger partial charge in [0.15, 0.2) is 0 Å². The zero-order valence-corrected chi connectivity index (χ0v) is 11.5. The fraction of sp³-hybridized carbons (Fsp3) is 0.429. The number of aromatic nitrogens is 2. The molecule has 0 aliphatic rings. The minimum absolute atomic E-state index is 0.371. The van der Waals surface area contributed by atoms with Crippen molar-refractivity contribution in [2.75, 3.05) is 13.6 Å². The molecule has 0 fully saturated rings. The average Bonchev–Trinajstić information content (AvgIpc) is 2.69. The van der Waals surface area contributed by atoms with E-state index in [2.05, 4.69) is 4.98 Å². The summed E-state index contributed by atoms with van der Waals surface area (Å²) in [4.78, 5) is 17.3. The topological polar surface area (TPSA) is 57.8 Å². The summed E-state index contributed by atoms with van der Waals surface area (Å²) in [6.45, 7) is 4.92. The number of aryl methyl sites for hydroxylation is 1. The summed E-state index contributed by atoms with van der Waals surface area (Å²) >= 11 is 0. The van der Waals surface area contributed by atoms with Crippen LogP contribution >= 0.6 is 0 Å². The Hall–Kier alpha value is -1.88. The van der Waals surface area contributed by atoms with E-state index >= 15 is 0 Å². The van der Waals surface area contributed by atoms with Gasteiger partial charge in [-0.25, -0.2) is 4.98 Å². The van der Waals surface area contributed by atoms with Gasteiger partial charge >= 0.3 is 5.97 Å². The van der Waals surface area contributed by atoms with Crippen LogP contribution in [0.2, 0.25) is 0 Å². The second-order valence-electron chi connectivity index (χ2n) is 5.14. The number of fused-ring (bicyclic) bond motifs is 1. The number of carbonyl (C=O) groups is 1. The SMILES string of the molecule is Cc1ccc2nc(CN(C)CC(C)C(=O)O)cn2c1. The summed E-state index contributed by atoms with van der Waals surface area (Å²) < 4.78 is 2.00. The van der Waals surface area contributed by atoms with E-state index in [9.17, 15) is 4.79 Å². The van der Waals surface area contributed by atoms with E-state index in [0.717, 1.165) is 11.3 Å². The fourth-order valence-electron chi connectivity index (χ4n) is 2.12. The highest BCUT2D eigenvalue weighted by Gasteiger charge is 2.14. The maximum Gasteiger partial charge on any atom is 0.307 e. The minimum Gasteiger partial charge on any atom is -0.481 e. The number of hydrogen-bond donors (Lipinski definition) is 1. The van der Waals surface area contributed by atoms with E-state index < -0.39 is 5.97 Å². The molecule has 0 saturated carbocycles. The first-order valence-electron chi connectivity index (χ1n) is 6.31. The Labute approximate surface area is 112 Å². The van der Waals surface area contributed by atoms with Gasteiger partial charge in [-0.1, -0.05) is 13.0 Å². The Morgan fingerprint density at radius 3 is 2.89 bits per heavy atom. The van der Waals surface area contributed by atoms with Gasteiger partial charge in [0.25, 0.3) is 0 Å². The van der Waals surface area contributed by atoms with Gasteiger partial charge < -0.3 is 9.51 Å². The molecular formula is C14H19N3O2. The first-order valence-corrected chi connectivity index (χ1v) is 6.31. The van der Waals surface area contributed by atoms with Crippen molar-refractivity contribution in [1.82, 2.24) is 14.3 Å². The lowest BCUT2D eigenvalue weighted by molar-refractivity contribution is -0.141. The Morgan fingerprint density at radius 1 is 1.47 bits per heavy atom. The fourth-order valence-corrected chi connectivity index (χ4v) is 2.12. The zero-order valence-electron chi connectivity index (χ0n) is 11.5. The van der Waals surface area contributed by atoms with Crippen LogP contribution in [0.25, 0.3) is 5.65 Å². The maximum atomic E-state index is 10.8. The maximum absolute atomic E-state index is 10.8. The molecule has 0 bridgehead atoms. The first-order chi connectivity index (χ1) is 8.95. The molecule has 5 heteroatoms. The van der Waals surface area contributed by atoms with Crippen molar-refractivity contribution < 1.29 is 9.90 Å². The lowest BCUT2D eigenvalue weighted by atomic mass is 10.2. The lowest BCUT2D eigenvalue weighted by Crippen LogP contribution is -2.28.